The summed E-state index contributed by atoms with van der Waals surface area (Å²) < 4.78 is 5.15. The summed E-state index contributed by atoms with van der Waals surface area (Å²) in [5.74, 6) is -0.180. The number of amidine groups is 1. The first-order chi connectivity index (χ1) is 9.99. The molecule has 21 heavy (non-hydrogen) atoms. The predicted molar refractivity (Wildman–Crippen MR) is 81.4 cm³/mol. The van der Waals surface area contributed by atoms with Gasteiger partial charge in [-0.05, 0) is 30.0 Å². The molecule has 1 rings (SSSR count). The van der Waals surface area contributed by atoms with E-state index in [1.165, 1.54) is 0 Å². The molecule has 1 atom stereocenters. The van der Waals surface area contributed by atoms with Crippen LogP contribution in [-0.4, -0.2) is 30.6 Å². The van der Waals surface area contributed by atoms with Crippen LogP contribution >= 0.6 is 0 Å². The Hall–Kier alpha value is -2.24. The third kappa shape index (κ3) is 4.98. The zero-order valence-electron chi connectivity index (χ0n) is 12.7. The average Bonchev–Trinajstić information content (AvgIpc) is 2.47. The normalized spacial score (nSPS) is 13.0. The second-order valence-corrected chi connectivity index (χ2v) is 5.14. The van der Waals surface area contributed by atoms with E-state index in [0.717, 1.165) is 11.3 Å². The zero-order chi connectivity index (χ0) is 15.8. The number of benzene rings is 1. The van der Waals surface area contributed by atoms with Gasteiger partial charge in [0.1, 0.15) is 11.7 Å². The van der Waals surface area contributed by atoms with E-state index in [0.29, 0.717) is 13.0 Å². The lowest BCUT2D eigenvalue weighted by Gasteiger charge is -2.18. The molecule has 0 aliphatic carbocycles. The van der Waals surface area contributed by atoms with Gasteiger partial charge in [-0.15, -0.1) is 0 Å². The Labute approximate surface area is 125 Å². The highest BCUT2D eigenvalue weighted by molar-refractivity contribution is 6.02. The van der Waals surface area contributed by atoms with Crippen LogP contribution in [0.15, 0.2) is 29.4 Å². The predicted octanol–water partition coefficient (Wildman–Crippen LogP) is 1.37. The van der Waals surface area contributed by atoms with Crippen LogP contribution in [0.25, 0.3) is 0 Å². The van der Waals surface area contributed by atoms with E-state index in [4.69, 9.17) is 15.7 Å². The van der Waals surface area contributed by atoms with Gasteiger partial charge < -0.3 is 21.0 Å². The van der Waals surface area contributed by atoms with Crippen LogP contribution < -0.4 is 15.8 Å². The van der Waals surface area contributed by atoms with Crippen molar-refractivity contribution in [1.29, 1.82) is 0 Å². The molecule has 0 spiro atoms. The van der Waals surface area contributed by atoms with Crippen molar-refractivity contribution in [1.82, 2.24) is 5.32 Å². The number of nitrogens with one attached hydrogen (secondary N) is 1. The fraction of sp³-hybridized carbons (Fsp3) is 0.467. The number of nitrogens with two attached hydrogens (primary N) is 1. The minimum atomic E-state index is -0.625. The van der Waals surface area contributed by atoms with Crippen LogP contribution in [-0.2, 0) is 11.2 Å². The molecule has 116 valence electrons. The monoisotopic (exact) mass is 293 g/mol. The molecule has 0 aliphatic rings. The minimum absolute atomic E-state index is 0.0438. The molecule has 0 aromatic heterocycles. The van der Waals surface area contributed by atoms with Gasteiger partial charge in [0.25, 0.3) is 0 Å². The molecule has 1 unspecified atom stereocenters. The maximum absolute atomic E-state index is 12.1. The molecule has 0 heterocycles. The molecule has 6 heteroatoms. The summed E-state index contributed by atoms with van der Waals surface area (Å²) in [7, 11) is 1.62. The fourth-order valence-electron chi connectivity index (χ4n) is 2.11. The molecule has 0 aliphatic heterocycles. The number of hydrogen-bond acceptors (Lipinski definition) is 4. The number of carbonyl (C=O) groups excluding carboxylic acids is 1. The Morgan fingerprint density at radius 3 is 2.76 bits per heavy atom. The number of nitrogens with zero attached hydrogens (tertiary/aromatic N) is 1. The Morgan fingerprint density at radius 2 is 2.19 bits per heavy atom. The fourth-order valence-corrected chi connectivity index (χ4v) is 2.11. The van der Waals surface area contributed by atoms with Gasteiger partial charge in [-0.2, -0.15) is 0 Å². The first kappa shape index (κ1) is 16.8. The highest BCUT2D eigenvalue weighted by atomic mass is 16.5. The van der Waals surface area contributed by atoms with E-state index in [1.807, 2.05) is 38.1 Å². The summed E-state index contributed by atoms with van der Waals surface area (Å²) >= 11 is 0. The quantitative estimate of drug-likeness (QED) is 0.306. The summed E-state index contributed by atoms with van der Waals surface area (Å²) in [6.45, 7) is 4.18. The van der Waals surface area contributed by atoms with Crippen LogP contribution in [0.3, 0.4) is 0 Å². The number of rotatable bonds is 7. The minimum Gasteiger partial charge on any atom is -0.497 e. The summed E-state index contributed by atoms with van der Waals surface area (Å²) in [5, 5.41) is 14.5. The molecule has 0 fully saturated rings. The molecule has 0 saturated heterocycles. The average molecular weight is 293 g/mol. The number of ether oxygens (including phenoxy) is 1. The van der Waals surface area contributed by atoms with Gasteiger partial charge in [0.15, 0.2) is 5.84 Å². The lowest BCUT2D eigenvalue weighted by molar-refractivity contribution is -0.124. The molecule has 1 aromatic rings. The maximum atomic E-state index is 12.1. The van der Waals surface area contributed by atoms with Gasteiger partial charge in [-0.3, -0.25) is 4.79 Å². The zero-order valence-corrected chi connectivity index (χ0v) is 12.7. The van der Waals surface area contributed by atoms with Gasteiger partial charge in [-0.25, -0.2) is 0 Å². The van der Waals surface area contributed by atoms with E-state index in [9.17, 15) is 4.79 Å². The van der Waals surface area contributed by atoms with Gasteiger partial charge >= 0.3 is 0 Å². The van der Waals surface area contributed by atoms with Crippen molar-refractivity contribution in [2.24, 2.45) is 22.7 Å². The highest BCUT2D eigenvalue weighted by Gasteiger charge is 2.26. The van der Waals surface area contributed by atoms with Crippen molar-refractivity contribution in [3.63, 3.8) is 0 Å². The molecule has 1 amide bonds. The van der Waals surface area contributed by atoms with Crippen molar-refractivity contribution < 1.29 is 14.7 Å². The first-order valence-corrected chi connectivity index (χ1v) is 6.87. The summed E-state index contributed by atoms with van der Waals surface area (Å²) in [4.78, 5) is 12.1. The summed E-state index contributed by atoms with van der Waals surface area (Å²) in [6, 6.07) is 7.67. The lowest BCUT2D eigenvalue weighted by atomic mass is 9.94. The van der Waals surface area contributed by atoms with Crippen molar-refractivity contribution in [2.45, 2.75) is 20.3 Å². The van der Waals surface area contributed by atoms with Crippen LogP contribution in [0.1, 0.15) is 19.4 Å². The Kier molecular flexibility index (Phi) is 6.52. The Morgan fingerprint density at radius 1 is 1.48 bits per heavy atom. The van der Waals surface area contributed by atoms with Gasteiger partial charge in [0, 0.05) is 6.54 Å². The van der Waals surface area contributed by atoms with Crippen molar-refractivity contribution in [3.05, 3.63) is 29.8 Å². The Bertz CT molecular complexity index is 501. The van der Waals surface area contributed by atoms with Crippen molar-refractivity contribution in [3.8, 4) is 5.75 Å². The van der Waals surface area contributed by atoms with E-state index in [2.05, 4.69) is 10.5 Å². The van der Waals surface area contributed by atoms with Gasteiger partial charge in [0.05, 0.1) is 7.11 Å². The summed E-state index contributed by atoms with van der Waals surface area (Å²) in [5.41, 5.74) is 6.63. The third-order valence-corrected chi connectivity index (χ3v) is 3.23. The van der Waals surface area contributed by atoms with Crippen molar-refractivity contribution >= 4 is 11.7 Å². The topological polar surface area (TPSA) is 96.9 Å². The van der Waals surface area contributed by atoms with E-state index in [1.54, 1.807) is 7.11 Å². The Balaban J connectivity index is 2.55. The molecular formula is C15H23N3O3. The highest BCUT2D eigenvalue weighted by Crippen LogP contribution is 2.13. The maximum Gasteiger partial charge on any atom is 0.231 e. The molecule has 0 saturated carbocycles. The number of methoxy groups -OCH3 is 1. The molecule has 1 aromatic carbocycles. The summed E-state index contributed by atoms with van der Waals surface area (Å²) in [6.07, 6.45) is 0.684. The molecule has 0 bridgehead atoms. The van der Waals surface area contributed by atoms with Gasteiger partial charge in [0.2, 0.25) is 5.91 Å². The van der Waals surface area contributed by atoms with E-state index >= 15 is 0 Å². The van der Waals surface area contributed by atoms with Gasteiger partial charge in [-0.1, -0.05) is 31.1 Å². The second-order valence-electron chi connectivity index (χ2n) is 5.14. The van der Waals surface area contributed by atoms with Crippen LogP contribution in [0, 0.1) is 11.8 Å². The van der Waals surface area contributed by atoms with Crippen LogP contribution in [0.2, 0.25) is 0 Å². The smallest absolute Gasteiger partial charge is 0.231 e. The van der Waals surface area contributed by atoms with E-state index in [-0.39, 0.29) is 17.7 Å². The molecule has 0 radical (unpaired) electrons. The lowest BCUT2D eigenvalue weighted by Crippen LogP contribution is -2.42. The molecule has 6 nitrogen and oxygen atoms in total. The number of oxime groups is 1. The first-order valence-electron chi connectivity index (χ1n) is 6.87. The molecular weight excluding hydrogens is 270 g/mol. The van der Waals surface area contributed by atoms with Crippen LogP contribution in [0.4, 0.5) is 0 Å². The van der Waals surface area contributed by atoms with Crippen LogP contribution in [0.5, 0.6) is 5.75 Å². The van der Waals surface area contributed by atoms with Crippen molar-refractivity contribution in [2.75, 3.05) is 13.7 Å². The molecule has 4 N–H and O–H groups in total. The SMILES string of the molecule is COc1cccc(CCNC(=O)C(/C(N)=N/O)C(C)C)c1. The third-order valence-electron chi connectivity index (χ3n) is 3.23. The largest absolute Gasteiger partial charge is 0.497 e. The standard InChI is InChI=1S/C15H23N3O3/c1-10(2)13(14(16)18-20)15(19)17-8-7-11-5-4-6-12(9-11)21-3/h4-6,9-10,13,20H,7-8H2,1-3H3,(H2,16,18)(H,17,19). The second kappa shape index (κ2) is 8.14. The number of amides is 1. The van der Waals surface area contributed by atoms with E-state index < -0.39 is 5.92 Å². The number of carbonyl (C=O) groups is 1. The number of hydrogen-bond donors (Lipinski definition) is 3.